The standard InChI is InChI=1S/C28H29Cl3N2O2/c1-28(2,3)32-27(35)25(16-19-8-5-4-6-9-19)33(18-20-12-14-21(29)15-13-20)26(34)17-22-23(30)10-7-11-24(22)31/h4-15,25H,16-18H2,1-3H3,(H,32,35). The first-order valence-electron chi connectivity index (χ1n) is 11.4. The fourth-order valence-corrected chi connectivity index (χ4v) is 4.40. The van der Waals surface area contributed by atoms with Crippen molar-refractivity contribution in [2.45, 2.75) is 51.7 Å². The van der Waals surface area contributed by atoms with Gasteiger partial charge >= 0.3 is 0 Å². The van der Waals surface area contributed by atoms with E-state index in [1.54, 1.807) is 35.2 Å². The van der Waals surface area contributed by atoms with Gasteiger partial charge in [0.25, 0.3) is 0 Å². The lowest BCUT2D eigenvalue weighted by Gasteiger charge is -2.34. The van der Waals surface area contributed by atoms with E-state index in [4.69, 9.17) is 34.8 Å². The first-order chi connectivity index (χ1) is 16.5. The van der Waals surface area contributed by atoms with Crippen LogP contribution in [0.1, 0.15) is 37.5 Å². The molecule has 2 amide bonds. The van der Waals surface area contributed by atoms with Crippen LogP contribution in [0.4, 0.5) is 0 Å². The Bertz CT molecular complexity index is 1140. The molecule has 0 fully saturated rings. The van der Waals surface area contributed by atoms with Crippen LogP contribution < -0.4 is 5.32 Å². The molecule has 0 bridgehead atoms. The Morgan fingerprint density at radius 3 is 2.00 bits per heavy atom. The first-order valence-corrected chi connectivity index (χ1v) is 12.5. The SMILES string of the molecule is CC(C)(C)NC(=O)C(Cc1ccccc1)N(Cc1ccc(Cl)cc1)C(=O)Cc1c(Cl)cccc1Cl. The third kappa shape index (κ3) is 7.99. The number of nitrogens with zero attached hydrogens (tertiary/aromatic N) is 1. The van der Waals surface area contributed by atoms with Crippen molar-refractivity contribution in [2.24, 2.45) is 0 Å². The van der Waals surface area contributed by atoms with Gasteiger partial charge in [-0.15, -0.1) is 0 Å². The van der Waals surface area contributed by atoms with Gasteiger partial charge in [-0.3, -0.25) is 9.59 Å². The number of nitrogens with one attached hydrogen (secondary N) is 1. The summed E-state index contributed by atoms with van der Waals surface area (Å²) in [5, 5.41) is 4.47. The summed E-state index contributed by atoms with van der Waals surface area (Å²) in [6.45, 7) is 5.98. The van der Waals surface area contributed by atoms with Crippen LogP contribution in [0.5, 0.6) is 0 Å². The zero-order valence-corrected chi connectivity index (χ0v) is 22.3. The van der Waals surface area contributed by atoms with Crippen LogP contribution in [0.25, 0.3) is 0 Å². The number of benzene rings is 3. The van der Waals surface area contributed by atoms with Gasteiger partial charge in [0, 0.05) is 33.6 Å². The number of carbonyl (C=O) groups is 2. The van der Waals surface area contributed by atoms with E-state index in [0.717, 1.165) is 11.1 Å². The van der Waals surface area contributed by atoms with Gasteiger partial charge in [0.1, 0.15) is 6.04 Å². The molecule has 1 unspecified atom stereocenters. The number of halogens is 3. The van der Waals surface area contributed by atoms with Gasteiger partial charge in [0.05, 0.1) is 6.42 Å². The number of hydrogen-bond donors (Lipinski definition) is 1. The van der Waals surface area contributed by atoms with Crippen molar-refractivity contribution in [3.63, 3.8) is 0 Å². The molecular weight excluding hydrogens is 503 g/mol. The molecule has 0 saturated carbocycles. The zero-order chi connectivity index (χ0) is 25.6. The zero-order valence-electron chi connectivity index (χ0n) is 20.0. The Labute approximate surface area is 222 Å². The fourth-order valence-electron chi connectivity index (χ4n) is 3.75. The van der Waals surface area contributed by atoms with Gasteiger partial charge in [-0.2, -0.15) is 0 Å². The summed E-state index contributed by atoms with van der Waals surface area (Å²) >= 11 is 18.8. The van der Waals surface area contributed by atoms with Crippen molar-refractivity contribution in [3.05, 3.63) is 105 Å². The van der Waals surface area contributed by atoms with Crippen molar-refractivity contribution in [1.29, 1.82) is 0 Å². The molecule has 0 spiro atoms. The van der Waals surface area contributed by atoms with Crippen LogP contribution in [0, 0.1) is 0 Å². The highest BCUT2D eigenvalue weighted by molar-refractivity contribution is 6.36. The number of carbonyl (C=O) groups excluding carboxylic acids is 2. The number of hydrogen-bond acceptors (Lipinski definition) is 2. The third-order valence-electron chi connectivity index (χ3n) is 5.43. The normalized spacial score (nSPS) is 12.2. The number of amides is 2. The Morgan fingerprint density at radius 1 is 0.829 bits per heavy atom. The molecule has 0 aliphatic rings. The molecule has 0 heterocycles. The second-order valence-corrected chi connectivity index (χ2v) is 10.7. The van der Waals surface area contributed by atoms with Crippen molar-refractivity contribution in [2.75, 3.05) is 0 Å². The minimum absolute atomic E-state index is 0.0276. The second-order valence-electron chi connectivity index (χ2n) is 9.47. The van der Waals surface area contributed by atoms with Gasteiger partial charge in [0.2, 0.25) is 11.8 Å². The maximum absolute atomic E-state index is 13.8. The molecule has 4 nitrogen and oxygen atoms in total. The molecule has 0 aromatic heterocycles. The van der Waals surface area contributed by atoms with E-state index in [9.17, 15) is 9.59 Å². The van der Waals surface area contributed by atoms with E-state index in [2.05, 4.69) is 5.32 Å². The average Bonchev–Trinajstić information content (AvgIpc) is 2.79. The summed E-state index contributed by atoms with van der Waals surface area (Å²) in [4.78, 5) is 29.0. The highest BCUT2D eigenvalue weighted by atomic mass is 35.5. The fraction of sp³-hybridized carbons (Fsp3) is 0.286. The molecule has 3 aromatic rings. The van der Waals surface area contributed by atoms with E-state index in [1.165, 1.54) is 0 Å². The summed E-state index contributed by atoms with van der Waals surface area (Å²) < 4.78 is 0. The van der Waals surface area contributed by atoms with Crippen LogP contribution in [0.3, 0.4) is 0 Å². The molecular formula is C28H29Cl3N2O2. The molecule has 3 aromatic carbocycles. The molecule has 0 radical (unpaired) electrons. The van der Waals surface area contributed by atoms with Gasteiger partial charge in [0.15, 0.2) is 0 Å². The molecule has 1 atom stereocenters. The van der Waals surface area contributed by atoms with E-state index >= 15 is 0 Å². The summed E-state index contributed by atoms with van der Waals surface area (Å²) in [7, 11) is 0. The van der Waals surface area contributed by atoms with Crippen LogP contribution in [-0.2, 0) is 29.0 Å². The summed E-state index contributed by atoms with van der Waals surface area (Å²) in [5.74, 6) is -0.478. The van der Waals surface area contributed by atoms with Crippen LogP contribution in [0.15, 0.2) is 72.8 Å². The monoisotopic (exact) mass is 530 g/mol. The van der Waals surface area contributed by atoms with Gasteiger partial charge in [-0.05, 0) is 61.7 Å². The van der Waals surface area contributed by atoms with Crippen molar-refractivity contribution in [3.8, 4) is 0 Å². The van der Waals surface area contributed by atoms with Gasteiger partial charge in [-0.1, -0.05) is 83.3 Å². The summed E-state index contributed by atoms with van der Waals surface area (Å²) in [6.07, 6.45) is 0.332. The van der Waals surface area contributed by atoms with Crippen molar-refractivity contribution < 1.29 is 9.59 Å². The maximum Gasteiger partial charge on any atom is 0.243 e. The Kier molecular flexibility index (Phi) is 9.23. The lowest BCUT2D eigenvalue weighted by atomic mass is 10.00. The number of rotatable bonds is 8. The lowest BCUT2D eigenvalue weighted by molar-refractivity contribution is -0.141. The quantitative estimate of drug-likeness (QED) is 0.350. The molecule has 0 aliphatic heterocycles. The Balaban J connectivity index is 2.02. The predicted octanol–water partition coefficient (Wildman–Crippen LogP) is 6.74. The summed E-state index contributed by atoms with van der Waals surface area (Å²) in [5.41, 5.74) is 1.88. The Morgan fingerprint density at radius 2 is 1.43 bits per heavy atom. The van der Waals surface area contributed by atoms with Crippen molar-refractivity contribution in [1.82, 2.24) is 10.2 Å². The highest BCUT2D eigenvalue weighted by Crippen LogP contribution is 2.26. The van der Waals surface area contributed by atoms with E-state index in [0.29, 0.717) is 27.1 Å². The smallest absolute Gasteiger partial charge is 0.243 e. The minimum Gasteiger partial charge on any atom is -0.350 e. The molecule has 3 rings (SSSR count). The van der Waals surface area contributed by atoms with E-state index in [-0.39, 0.29) is 24.8 Å². The lowest BCUT2D eigenvalue weighted by Crippen LogP contribution is -2.54. The molecule has 7 heteroatoms. The Hall–Kier alpha value is -2.53. The maximum atomic E-state index is 13.8. The van der Waals surface area contributed by atoms with Crippen LogP contribution >= 0.6 is 34.8 Å². The predicted molar refractivity (Wildman–Crippen MR) is 144 cm³/mol. The van der Waals surface area contributed by atoms with E-state index < -0.39 is 11.6 Å². The third-order valence-corrected chi connectivity index (χ3v) is 6.39. The molecule has 0 saturated heterocycles. The topological polar surface area (TPSA) is 49.4 Å². The molecule has 35 heavy (non-hydrogen) atoms. The average molecular weight is 532 g/mol. The minimum atomic E-state index is -0.749. The molecule has 184 valence electrons. The molecule has 0 aliphatic carbocycles. The van der Waals surface area contributed by atoms with Crippen LogP contribution in [-0.4, -0.2) is 28.3 Å². The van der Waals surface area contributed by atoms with Crippen molar-refractivity contribution >= 4 is 46.6 Å². The van der Waals surface area contributed by atoms with E-state index in [1.807, 2.05) is 63.2 Å². The first kappa shape index (κ1) is 27.1. The highest BCUT2D eigenvalue weighted by Gasteiger charge is 2.32. The van der Waals surface area contributed by atoms with Crippen LogP contribution in [0.2, 0.25) is 15.1 Å². The van der Waals surface area contributed by atoms with Gasteiger partial charge < -0.3 is 10.2 Å². The molecule has 1 N–H and O–H groups in total. The second kappa shape index (κ2) is 11.9. The van der Waals surface area contributed by atoms with Gasteiger partial charge in [-0.25, -0.2) is 0 Å². The summed E-state index contributed by atoms with van der Waals surface area (Å²) in [6, 6.07) is 21.3. The largest absolute Gasteiger partial charge is 0.350 e.